The monoisotopic (exact) mass is 423 g/mol. The summed E-state index contributed by atoms with van der Waals surface area (Å²) in [5, 5.41) is 3.01. The van der Waals surface area contributed by atoms with E-state index in [4.69, 9.17) is 4.74 Å². The van der Waals surface area contributed by atoms with Gasteiger partial charge >= 0.3 is 0 Å². The van der Waals surface area contributed by atoms with Crippen molar-refractivity contribution in [1.29, 1.82) is 0 Å². The molecule has 2 aromatic carbocycles. The van der Waals surface area contributed by atoms with E-state index in [1.165, 1.54) is 0 Å². The number of ether oxygens (including phenoxy) is 1. The largest absolute Gasteiger partial charge is 0.495 e. The molecule has 0 spiro atoms. The Morgan fingerprint density at radius 1 is 1.03 bits per heavy atom. The van der Waals surface area contributed by atoms with Gasteiger partial charge in [0.05, 0.1) is 12.8 Å². The zero-order chi connectivity index (χ0) is 22.2. The topological polar surface area (TPSA) is 61.9 Å². The van der Waals surface area contributed by atoms with Crippen molar-refractivity contribution >= 4 is 17.5 Å². The molecule has 2 amide bonds. The molecule has 0 radical (unpaired) electrons. The second-order valence-corrected chi connectivity index (χ2v) is 7.82. The molecule has 0 bridgehead atoms. The van der Waals surface area contributed by atoms with Gasteiger partial charge in [-0.05, 0) is 57.5 Å². The molecular formula is C25H33N3O3. The Morgan fingerprint density at radius 2 is 1.65 bits per heavy atom. The van der Waals surface area contributed by atoms with E-state index in [2.05, 4.69) is 10.2 Å². The van der Waals surface area contributed by atoms with Crippen LogP contribution in [0, 0.1) is 5.92 Å². The molecule has 1 saturated heterocycles. The standard InChI is InChI=1S/C25H33N3O3/c1-4-27(5-2)25(30)23(19-11-7-6-8-12-19)28-17-15-20(16-18-28)24(29)26-21-13-9-10-14-22(21)31-3/h6-14,20,23H,4-5,15-18H2,1-3H3,(H,26,29). The van der Waals surface area contributed by atoms with Crippen molar-refractivity contribution in [2.24, 2.45) is 5.92 Å². The number of carbonyl (C=O) groups excluding carboxylic acids is 2. The van der Waals surface area contributed by atoms with Crippen LogP contribution in [0.4, 0.5) is 5.69 Å². The van der Waals surface area contributed by atoms with E-state index < -0.39 is 0 Å². The maximum atomic E-state index is 13.3. The molecule has 6 nitrogen and oxygen atoms in total. The number of hydrogen-bond acceptors (Lipinski definition) is 4. The summed E-state index contributed by atoms with van der Waals surface area (Å²) in [6.45, 7) is 6.82. The molecule has 6 heteroatoms. The van der Waals surface area contributed by atoms with E-state index in [9.17, 15) is 9.59 Å². The zero-order valence-electron chi connectivity index (χ0n) is 18.7. The van der Waals surface area contributed by atoms with E-state index in [1.54, 1.807) is 7.11 Å². The van der Waals surface area contributed by atoms with Crippen LogP contribution in [0.3, 0.4) is 0 Å². The molecule has 1 fully saturated rings. The number of methoxy groups -OCH3 is 1. The minimum atomic E-state index is -0.306. The first-order chi connectivity index (χ1) is 15.1. The van der Waals surface area contributed by atoms with E-state index >= 15 is 0 Å². The molecule has 31 heavy (non-hydrogen) atoms. The number of anilines is 1. The molecular weight excluding hydrogens is 390 g/mol. The minimum Gasteiger partial charge on any atom is -0.495 e. The maximum Gasteiger partial charge on any atom is 0.244 e. The van der Waals surface area contributed by atoms with Crippen LogP contribution >= 0.6 is 0 Å². The molecule has 0 aromatic heterocycles. The predicted octanol–water partition coefficient (Wildman–Crippen LogP) is 3.96. The molecule has 166 valence electrons. The molecule has 1 aliphatic heterocycles. The van der Waals surface area contributed by atoms with Crippen LogP contribution in [0.1, 0.15) is 38.3 Å². The zero-order valence-corrected chi connectivity index (χ0v) is 18.7. The molecule has 3 rings (SSSR count). The van der Waals surface area contributed by atoms with E-state index in [-0.39, 0.29) is 23.8 Å². The molecule has 0 aliphatic carbocycles. The summed E-state index contributed by atoms with van der Waals surface area (Å²) in [5.41, 5.74) is 1.70. The van der Waals surface area contributed by atoms with Gasteiger partial charge in [-0.2, -0.15) is 0 Å². The second kappa shape index (κ2) is 11.0. The molecule has 1 heterocycles. The summed E-state index contributed by atoms with van der Waals surface area (Å²) in [7, 11) is 1.60. The van der Waals surface area contributed by atoms with Crippen LogP contribution in [-0.4, -0.2) is 54.9 Å². The smallest absolute Gasteiger partial charge is 0.244 e. The lowest BCUT2D eigenvalue weighted by molar-refractivity contribution is -0.137. The van der Waals surface area contributed by atoms with Gasteiger partial charge in [0.25, 0.3) is 0 Å². The van der Waals surface area contributed by atoms with Crippen LogP contribution < -0.4 is 10.1 Å². The van der Waals surface area contributed by atoms with Crippen molar-refractivity contribution in [2.45, 2.75) is 32.7 Å². The summed E-state index contributed by atoms with van der Waals surface area (Å²) in [6.07, 6.45) is 1.44. The predicted molar refractivity (Wildman–Crippen MR) is 123 cm³/mol. The van der Waals surface area contributed by atoms with Crippen molar-refractivity contribution in [1.82, 2.24) is 9.80 Å². The van der Waals surface area contributed by atoms with Gasteiger partial charge < -0.3 is 15.0 Å². The van der Waals surface area contributed by atoms with Gasteiger partial charge in [0, 0.05) is 19.0 Å². The lowest BCUT2D eigenvalue weighted by Crippen LogP contribution is -2.47. The summed E-state index contributed by atoms with van der Waals surface area (Å²) >= 11 is 0. The van der Waals surface area contributed by atoms with Crippen LogP contribution in [0.2, 0.25) is 0 Å². The van der Waals surface area contributed by atoms with Crippen molar-refractivity contribution in [3.8, 4) is 5.75 Å². The van der Waals surface area contributed by atoms with Crippen LogP contribution in [0.25, 0.3) is 0 Å². The van der Waals surface area contributed by atoms with Gasteiger partial charge in [-0.25, -0.2) is 0 Å². The first-order valence-corrected chi connectivity index (χ1v) is 11.1. The van der Waals surface area contributed by atoms with Gasteiger partial charge in [0.1, 0.15) is 11.8 Å². The van der Waals surface area contributed by atoms with Crippen molar-refractivity contribution in [3.63, 3.8) is 0 Å². The molecule has 1 N–H and O–H groups in total. The number of nitrogens with zero attached hydrogens (tertiary/aromatic N) is 2. The Morgan fingerprint density at radius 3 is 2.26 bits per heavy atom. The summed E-state index contributed by atoms with van der Waals surface area (Å²) in [5.74, 6) is 0.715. The highest BCUT2D eigenvalue weighted by Gasteiger charge is 2.34. The average molecular weight is 424 g/mol. The lowest BCUT2D eigenvalue weighted by Gasteiger charge is -2.38. The Labute approximate surface area is 185 Å². The average Bonchev–Trinajstić information content (AvgIpc) is 2.81. The maximum absolute atomic E-state index is 13.3. The molecule has 1 aliphatic rings. The first-order valence-electron chi connectivity index (χ1n) is 11.1. The van der Waals surface area contributed by atoms with E-state index in [1.807, 2.05) is 73.3 Å². The third-order valence-electron chi connectivity index (χ3n) is 6.05. The molecule has 2 aromatic rings. The Bertz CT molecular complexity index is 859. The summed E-state index contributed by atoms with van der Waals surface area (Å²) < 4.78 is 5.34. The Kier molecular flexibility index (Phi) is 8.06. The molecule has 1 atom stereocenters. The number of likely N-dealkylation sites (N-methyl/N-ethyl adjacent to an activating group) is 1. The van der Waals surface area contributed by atoms with E-state index in [0.29, 0.717) is 37.6 Å². The number of rotatable bonds is 8. The fraction of sp³-hybridized carbons (Fsp3) is 0.440. The number of carbonyl (C=O) groups is 2. The van der Waals surface area contributed by atoms with Crippen molar-refractivity contribution in [3.05, 3.63) is 60.2 Å². The quantitative estimate of drug-likeness (QED) is 0.698. The van der Waals surface area contributed by atoms with Crippen LogP contribution in [0.15, 0.2) is 54.6 Å². The number of amides is 2. The van der Waals surface area contributed by atoms with Gasteiger partial charge in [0.15, 0.2) is 0 Å². The van der Waals surface area contributed by atoms with Crippen molar-refractivity contribution in [2.75, 3.05) is 38.6 Å². The highest BCUT2D eigenvalue weighted by Crippen LogP contribution is 2.30. The summed E-state index contributed by atoms with van der Waals surface area (Å²) in [6, 6.07) is 17.1. The van der Waals surface area contributed by atoms with Crippen molar-refractivity contribution < 1.29 is 14.3 Å². The number of para-hydroxylation sites is 2. The molecule has 1 unspecified atom stereocenters. The first kappa shape index (κ1) is 22.8. The fourth-order valence-corrected chi connectivity index (χ4v) is 4.26. The highest BCUT2D eigenvalue weighted by atomic mass is 16.5. The Hall–Kier alpha value is -2.86. The second-order valence-electron chi connectivity index (χ2n) is 7.82. The third-order valence-corrected chi connectivity index (χ3v) is 6.05. The number of hydrogen-bond donors (Lipinski definition) is 1. The highest BCUT2D eigenvalue weighted by molar-refractivity contribution is 5.94. The number of likely N-dealkylation sites (tertiary alicyclic amines) is 1. The third kappa shape index (κ3) is 5.44. The van der Waals surface area contributed by atoms with Gasteiger partial charge in [0.2, 0.25) is 11.8 Å². The lowest BCUT2D eigenvalue weighted by atomic mass is 9.93. The van der Waals surface area contributed by atoms with Gasteiger partial charge in [-0.15, -0.1) is 0 Å². The number of piperidine rings is 1. The van der Waals surface area contributed by atoms with Gasteiger partial charge in [-0.1, -0.05) is 42.5 Å². The number of benzene rings is 2. The summed E-state index contributed by atoms with van der Waals surface area (Å²) in [4.78, 5) is 30.3. The van der Waals surface area contributed by atoms with Crippen LogP contribution in [0.5, 0.6) is 5.75 Å². The van der Waals surface area contributed by atoms with E-state index in [0.717, 1.165) is 18.4 Å². The fourth-order valence-electron chi connectivity index (χ4n) is 4.26. The minimum absolute atomic E-state index is 0.00970. The Balaban J connectivity index is 1.69. The van der Waals surface area contributed by atoms with Crippen LogP contribution in [-0.2, 0) is 9.59 Å². The van der Waals surface area contributed by atoms with Gasteiger partial charge in [-0.3, -0.25) is 14.5 Å². The normalized spacial score (nSPS) is 15.8. The number of nitrogens with one attached hydrogen (secondary N) is 1. The SMILES string of the molecule is CCN(CC)C(=O)C(c1ccccc1)N1CCC(C(=O)Nc2ccccc2OC)CC1. The molecule has 0 saturated carbocycles.